The molecule has 1 atom stereocenters. The molecule has 1 aromatic rings. The summed E-state index contributed by atoms with van der Waals surface area (Å²) in [7, 11) is -4.70. The zero-order valence-electron chi connectivity index (χ0n) is 12.4. The molecule has 1 aromatic heterocycles. The molecule has 0 aromatic carbocycles. The van der Waals surface area contributed by atoms with Crippen molar-refractivity contribution in [1.29, 1.82) is 0 Å². The van der Waals surface area contributed by atoms with E-state index in [9.17, 15) is 14.5 Å². The molecule has 0 saturated carbocycles. The molecule has 120 valence electrons. The Morgan fingerprint density at radius 2 is 2.36 bits per heavy atom. The molecule has 11 heteroatoms. The molecule has 22 heavy (non-hydrogen) atoms. The standard InChI is InChI=1S/C11H14N3O7P/c1-6-10(15)8(3-13-9-5-20-14-11(9)16)7(2-12-6)4-21-22(17,18)19/h2,15H,3-5H2,1H3,(H,14,16)(H2,17,18,19)/i5D. The average molecular weight is 332 g/mol. The van der Waals surface area contributed by atoms with Crippen molar-refractivity contribution < 1.29 is 35.0 Å². The number of aromatic hydroxyl groups is 1. The molecule has 1 saturated heterocycles. The maximum atomic E-state index is 11.4. The SMILES string of the molecule is [2H]C1ONC(=O)C1=NCc1c(COP(=O)(O)O)cnc(C)c1O. The second-order valence-corrected chi connectivity index (χ2v) is 5.57. The van der Waals surface area contributed by atoms with Crippen molar-refractivity contribution in [3.63, 3.8) is 0 Å². The third kappa shape index (κ3) is 4.09. The fourth-order valence-corrected chi connectivity index (χ4v) is 1.96. The van der Waals surface area contributed by atoms with Crippen LogP contribution in [0.15, 0.2) is 11.2 Å². The zero-order chi connectivity index (χ0) is 17.2. The maximum absolute atomic E-state index is 11.4. The highest BCUT2D eigenvalue weighted by molar-refractivity contribution is 7.46. The highest BCUT2D eigenvalue weighted by Gasteiger charge is 2.21. The molecule has 4 N–H and O–H groups in total. The number of carbonyl (C=O) groups is 1. The second kappa shape index (κ2) is 6.51. The monoisotopic (exact) mass is 332 g/mol. The number of nitrogens with zero attached hydrogens (tertiary/aromatic N) is 2. The number of aromatic nitrogens is 1. The van der Waals surface area contributed by atoms with Gasteiger partial charge in [-0.25, -0.2) is 10.0 Å². The summed E-state index contributed by atoms with van der Waals surface area (Å²) in [5, 5.41) is 10.1. The van der Waals surface area contributed by atoms with Crippen LogP contribution in [0, 0.1) is 6.92 Å². The highest BCUT2D eigenvalue weighted by atomic mass is 31.2. The Morgan fingerprint density at radius 3 is 2.95 bits per heavy atom. The fraction of sp³-hybridized carbons (Fsp3) is 0.364. The van der Waals surface area contributed by atoms with E-state index >= 15 is 0 Å². The van der Waals surface area contributed by atoms with Crippen LogP contribution in [-0.4, -0.2) is 38.1 Å². The first-order valence-corrected chi connectivity index (χ1v) is 7.51. The van der Waals surface area contributed by atoms with Gasteiger partial charge in [0.05, 0.1) is 20.2 Å². The van der Waals surface area contributed by atoms with Crippen molar-refractivity contribution in [3.05, 3.63) is 23.0 Å². The summed E-state index contributed by atoms with van der Waals surface area (Å²) in [5.41, 5.74) is 2.46. The van der Waals surface area contributed by atoms with Gasteiger partial charge in [-0.05, 0) is 6.92 Å². The number of nitrogens with one attached hydrogen (secondary N) is 1. The lowest BCUT2D eigenvalue weighted by Crippen LogP contribution is -2.18. The van der Waals surface area contributed by atoms with Crippen LogP contribution in [0.2, 0.25) is 0 Å². The summed E-state index contributed by atoms with van der Waals surface area (Å²) >= 11 is 0. The molecule has 1 aliphatic heterocycles. The van der Waals surface area contributed by atoms with E-state index < -0.39 is 26.9 Å². The van der Waals surface area contributed by atoms with E-state index in [1.165, 1.54) is 13.1 Å². The first kappa shape index (κ1) is 15.1. The summed E-state index contributed by atoms with van der Waals surface area (Å²) in [6.45, 7) is -0.477. The molecule has 0 spiro atoms. The Labute approximate surface area is 126 Å². The molecule has 1 amide bonds. The predicted octanol–water partition coefficient (Wildman–Crippen LogP) is -0.293. The van der Waals surface area contributed by atoms with Crippen molar-refractivity contribution in [3.8, 4) is 5.75 Å². The largest absolute Gasteiger partial charge is 0.506 e. The Kier molecular flexibility index (Phi) is 4.46. The van der Waals surface area contributed by atoms with Gasteiger partial charge in [0.2, 0.25) is 0 Å². The van der Waals surface area contributed by atoms with Crippen molar-refractivity contribution >= 4 is 19.4 Å². The Balaban J connectivity index is 2.29. The number of phosphoric ester groups is 1. The van der Waals surface area contributed by atoms with Gasteiger partial charge in [-0.3, -0.25) is 24.1 Å². The molecular weight excluding hydrogens is 317 g/mol. The normalized spacial score (nSPS) is 21.0. The third-order valence-corrected chi connectivity index (χ3v) is 3.25. The minimum absolute atomic E-state index is 0.180. The molecule has 0 radical (unpaired) electrons. The Hall–Kier alpha value is -1.84. The van der Waals surface area contributed by atoms with Gasteiger partial charge in [0.1, 0.15) is 18.0 Å². The van der Waals surface area contributed by atoms with Crippen molar-refractivity contribution in [2.75, 3.05) is 6.58 Å². The molecule has 1 aliphatic rings. The lowest BCUT2D eigenvalue weighted by molar-refractivity contribution is -0.121. The lowest BCUT2D eigenvalue weighted by Gasteiger charge is -2.12. The molecule has 0 bridgehead atoms. The fourth-order valence-electron chi connectivity index (χ4n) is 1.66. The number of hydroxylamine groups is 1. The number of hydrogen-bond acceptors (Lipinski definition) is 7. The van der Waals surface area contributed by atoms with Crippen LogP contribution < -0.4 is 5.48 Å². The van der Waals surface area contributed by atoms with Gasteiger partial charge in [0, 0.05) is 17.3 Å². The summed E-state index contributed by atoms with van der Waals surface area (Å²) < 4.78 is 22.6. The molecule has 2 heterocycles. The Bertz CT molecular complexity index is 705. The number of amides is 1. The van der Waals surface area contributed by atoms with Gasteiger partial charge in [-0.1, -0.05) is 0 Å². The number of phosphoric acid groups is 1. The van der Waals surface area contributed by atoms with Gasteiger partial charge in [0.15, 0.2) is 0 Å². The van der Waals surface area contributed by atoms with Gasteiger partial charge >= 0.3 is 7.82 Å². The van der Waals surface area contributed by atoms with Crippen LogP contribution in [-0.2, 0) is 31.9 Å². The van der Waals surface area contributed by atoms with Crippen LogP contribution in [0.3, 0.4) is 0 Å². The van der Waals surface area contributed by atoms with E-state index in [1.54, 1.807) is 0 Å². The number of aliphatic imine (C=N–C) groups is 1. The van der Waals surface area contributed by atoms with E-state index in [0.717, 1.165) is 0 Å². The van der Waals surface area contributed by atoms with E-state index in [-0.39, 0.29) is 34.8 Å². The molecule has 0 aliphatic carbocycles. The second-order valence-electron chi connectivity index (χ2n) is 4.33. The summed E-state index contributed by atoms with van der Waals surface area (Å²) in [5.74, 6) is -0.898. The van der Waals surface area contributed by atoms with Gasteiger partial charge < -0.3 is 14.9 Å². The lowest BCUT2D eigenvalue weighted by atomic mass is 10.1. The molecular formula is C11H14N3O7P. The van der Waals surface area contributed by atoms with Crippen LogP contribution in [0.4, 0.5) is 0 Å². The van der Waals surface area contributed by atoms with E-state index in [1.807, 2.05) is 5.48 Å². The van der Waals surface area contributed by atoms with Crippen LogP contribution in [0.25, 0.3) is 0 Å². The van der Waals surface area contributed by atoms with E-state index in [2.05, 4.69) is 19.3 Å². The Morgan fingerprint density at radius 1 is 1.64 bits per heavy atom. The first-order valence-electron chi connectivity index (χ1n) is 6.55. The summed E-state index contributed by atoms with van der Waals surface area (Å²) in [6.07, 6.45) is 1.28. The quantitative estimate of drug-likeness (QED) is 0.537. The molecule has 10 nitrogen and oxygen atoms in total. The van der Waals surface area contributed by atoms with Gasteiger partial charge in [0.25, 0.3) is 5.91 Å². The highest BCUT2D eigenvalue weighted by Crippen LogP contribution is 2.38. The summed E-state index contributed by atoms with van der Waals surface area (Å²) in [4.78, 5) is 41.3. The van der Waals surface area contributed by atoms with Crippen molar-refractivity contribution in [2.45, 2.75) is 20.1 Å². The zero-order valence-corrected chi connectivity index (χ0v) is 12.3. The van der Waals surface area contributed by atoms with Crippen LogP contribution >= 0.6 is 7.82 Å². The number of carbonyl (C=O) groups excluding carboxylic acids is 1. The van der Waals surface area contributed by atoms with Crippen LogP contribution in [0.5, 0.6) is 5.75 Å². The number of rotatable bonds is 5. The van der Waals surface area contributed by atoms with Gasteiger partial charge in [-0.2, -0.15) is 0 Å². The average Bonchev–Trinajstić information content (AvgIpc) is 2.77. The third-order valence-electron chi connectivity index (χ3n) is 2.78. The van der Waals surface area contributed by atoms with Crippen molar-refractivity contribution in [1.82, 2.24) is 10.5 Å². The predicted molar refractivity (Wildman–Crippen MR) is 72.7 cm³/mol. The van der Waals surface area contributed by atoms with Crippen LogP contribution in [0.1, 0.15) is 18.2 Å². The topological polar surface area (TPSA) is 151 Å². The number of pyridine rings is 1. The minimum atomic E-state index is -4.70. The number of aryl methyl sites for hydroxylation is 1. The molecule has 1 fully saturated rings. The van der Waals surface area contributed by atoms with E-state index in [0.29, 0.717) is 0 Å². The molecule has 2 rings (SSSR count). The van der Waals surface area contributed by atoms with Crippen molar-refractivity contribution in [2.24, 2.45) is 4.99 Å². The summed E-state index contributed by atoms with van der Waals surface area (Å²) in [6, 6.07) is 0. The minimum Gasteiger partial charge on any atom is -0.506 e. The first-order chi connectivity index (χ1) is 10.7. The maximum Gasteiger partial charge on any atom is 0.469 e. The molecule has 1 unspecified atom stereocenters. The van der Waals surface area contributed by atoms with Gasteiger partial charge in [-0.15, -0.1) is 0 Å². The number of hydrogen-bond donors (Lipinski definition) is 4. The van der Waals surface area contributed by atoms with E-state index in [4.69, 9.17) is 11.2 Å². The smallest absolute Gasteiger partial charge is 0.469 e.